The van der Waals surface area contributed by atoms with Crippen LogP contribution in [0.25, 0.3) is 0 Å². The Hall–Kier alpha value is -2.09. The van der Waals surface area contributed by atoms with Gasteiger partial charge in [0.15, 0.2) is 6.61 Å². The molecular formula is C21H25ClN2O4S. The monoisotopic (exact) mass is 436 g/mol. The van der Waals surface area contributed by atoms with E-state index in [1.54, 1.807) is 0 Å². The Balaban J connectivity index is 1.64. The number of nitrogens with zero attached hydrogens (tertiary/aromatic N) is 1. The van der Waals surface area contributed by atoms with Crippen LogP contribution in [0, 0.1) is 0 Å². The lowest BCUT2D eigenvalue weighted by atomic mass is 10.1. The molecule has 6 nitrogen and oxygen atoms in total. The van der Waals surface area contributed by atoms with Gasteiger partial charge in [0.05, 0.1) is 9.92 Å². The number of ether oxygens (including phenoxy) is 1. The van der Waals surface area contributed by atoms with Crippen LogP contribution in [0.1, 0.15) is 31.7 Å². The first-order chi connectivity index (χ1) is 13.9. The third kappa shape index (κ3) is 5.29. The molecule has 1 heterocycles. The highest BCUT2D eigenvalue weighted by atomic mass is 35.5. The maximum absolute atomic E-state index is 12.7. The van der Waals surface area contributed by atoms with Crippen molar-refractivity contribution in [3.8, 4) is 5.75 Å². The number of carbonyl (C=O) groups excluding carboxylic acids is 1. The van der Waals surface area contributed by atoms with Crippen LogP contribution >= 0.6 is 11.6 Å². The van der Waals surface area contributed by atoms with E-state index in [1.165, 1.54) is 22.5 Å². The fourth-order valence-corrected chi connectivity index (χ4v) is 5.14. The molecule has 1 N–H and O–H groups in total. The Kier molecular flexibility index (Phi) is 7.16. The van der Waals surface area contributed by atoms with E-state index < -0.39 is 10.0 Å². The summed E-state index contributed by atoms with van der Waals surface area (Å²) in [6, 6.07) is 11.9. The molecule has 156 valence electrons. The average Bonchev–Trinajstić information content (AvgIpc) is 2.73. The summed E-state index contributed by atoms with van der Waals surface area (Å²) in [6.07, 6.45) is 3.58. The van der Waals surface area contributed by atoms with Gasteiger partial charge in [0, 0.05) is 18.8 Å². The molecular weight excluding hydrogens is 412 g/mol. The van der Waals surface area contributed by atoms with Crippen molar-refractivity contribution in [1.29, 1.82) is 0 Å². The Bertz CT molecular complexity index is 972. The van der Waals surface area contributed by atoms with E-state index in [1.807, 2.05) is 31.2 Å². The molecule has 0 bridgehead atoms. The summed E-state index contributed by atoms with van der Waals surface area (Å²) in [5.74, 6) is -0.0461. The SMILES string of the molecule is CCc1ccccc1NC(=O)COc1ccc(S(=O)(=O)N2CCCCC2)cc1Cl. The number of hydrogen-bond acceptors (Lipinski definition) is 4. The van der Waals surface area contributed by atoms with Crippen LogP contribution < -0.4 is 10.1 Å². The highest BCUT2D eigenvalue weighted by Crippen LogP contribution is 2.29. The zero-order valence-electron chi connectivity index (χ0n) is 16.4. The molecule has 1 aliphatic heterocycles. The maximum Gasteiger partial charge on any atom is 0.262 e. The number of piperidine rings is 1. The van der Waals surface area contributed by atoms with Crippen LogP contribution in [0.3, 0.4) is 0 Å². The second kappa shape index (κ2) is 9.61. The van der Waals surface area contributed by atoms with E-state index in [-0.39, 0.29) is 28.2 Å². The van der Waals surface area contributed by atoms with Gasteiger partial charge in [-0.25, -0.2) is 8.42 Å². The second-order valence-corrected chi connectivity index (χ2v) is 9.25. The second-order valence-electron chi connectivity index (χ2n) is 6.90. The number of sulfonamides is 1. The number of aryl methyl sites for hydroxylation is 1. The molecule has 2 aromatic carbocycles. The summed E-state index contributed by atoms with van der Waals surface area (Å²) in [7, 11) is -3.57. The molecule has 2 aromatic rings. The van der Waals surface area contributed by atoms with Gasteiger partial charge in [-0.05, 0) is 49.1 Å². The first kappa shape index (κ1) is 21.6. The van der Waals surface area contributed by atoms with Gasteiger partial charge in [-0.3, -0.25) is 4.79 Å². The van der Waals surface area contributed by atoms with Crippen LogP contribution in [0.5, 0.6) is 5.75 Å². The average molecular weight is 437 g/mol. The summed E-state index contributed by atoms with van der Waals surface area (Å²) in [5, 5.41) is 2.98. The van der Waals surface area contributed by atoms with Gasteiger partial charge in [0.25, 0.3) is 5.91 Å². The van der Waals surface area contributed by atoms with E-state index in [4.69, 9.17) is 16.3 Å². The number of amides is 1. The van der Waals surface area contributed by atoms with Gasteiger partial charge in [0.1, 0.15) is 5.75 Å². The standard InChI is InChI=1S/C21H25ClN2O4S/c1-2-16-8-4-5-9-19(16)23-21(25)15-28-20-11-10-17(14-18(20)22)29(26,27)24-12-6-3-7-13-24/h4-5,8-11,14H,2-3,6-7,12-13,15H2,1H3,(H,23,25). The lowest BCUT2D eigenvalue weighted by molar-refractivity contribution is -0.118. The van der Waals surface area contributed by atoms with E-state index in [0.717, 1.165) is 36.9 Å². The zero-order valence-corrected chi connectivity index (χ0v) is 17.9. The molecule has 3 rings (SSSR count). The number of benzene rings is 2. The first-order valence-electron chi connectivity index (χ1n) is 9.72. The fraction of sp³-hybridized carbons (Fsp3) is 0.381. The number of carbonyl (C=O) groups is 1. The minimum absolute atomic E-state index is 0.137. The molecule has 1 fully saturated rings. The Labute approximate surface area is 176 Å². The van der Waals surface area contributed by atoms with Crippen molar-refractivity contribution >= 4 is 33.2 Å². The summed E-state index contributed by atoms with van der Waals surface area (Å²) in [6.45, 7) is 2.84. The van der Waals surface area contributed by atoms with Crippen molar-refractivity contribution < 1.29 is 17.9 Å². The van der Waals surface area contributed by atoms with Crippen LogP contribution in [-0.4, -0.2) is 38.3 Å². The van der Waals surface area contributed by atoms with Crippen LogP contribution in [0.2, 0.25) is 5.02 Å². The van der Waals surface area contributed by atoms with E-state index in [9.17, 15) is 13.2 Å². The Morgan fingerprint density at radius 2 is 1.86 bits per heavy atom. The van der Waals surface area contributed by atoms with Crippen molar-refractivity contribution in [2.45, 2.75) is 37.5 Å². The van der Waals surface area contributed by atoms with Crippen LogP contribution in [-0.2, 0) is 21.2 Å². The topological polar surface area (TPSA) is 75.7 Å². The molecule has 0 atom stereocenters. The summed E-state index contributed by atoms with van der Waals surface area (Å²) >= 11 is 6.23. The summed E-state index contributed by atoms with van der Waals surface area (Å²) in [4.78, 5) is 12.4. The molecule has 0 aromatic heterocycles. The number of rotatable bonds is 7. The minimum atomic E-state index is -3.57. The largest absolute Gasteiger partial charge is 0.482 e. The lowest BCUT2D eigenvalue weighted by Crippen LogP contribution is -2.35. The van der Waals surface area contributed by atoms with Crippen molar-refractivity contribution in [3.63, 3.8) is 0 Å². The Morgan fingerprint density at radius 1 is 1.14 bits per heavy atom. The number of halogens is 1. The van der Waals surface area contributed by atoms with Crippen molar-refractivity contribution in [2.24, 2.45) is 0 Å². The van der Waals surface area contributed by atoms with Crippen LogP contribution in [0.15, 0.2) is 47.4 Å². The van der Waals surface area contributed by atoms with Crippen molar-refractivity contribution in [2.75, 3.05) is 25.0 Å². The number of anilines is 1. The molecule has 0 saturated carbocycles. The normalized spacial score (nSPS) is 15.1. The molecule has 1 amide bonds. The van der Waals surface area contributed by atoms with E-state index >= 15 is 0 Å². The maximum atomic E-state index is 12.7. The Morgan fingerprint density at radius 3 is 2.55 bits per heavy atom. The van der Waals surface area contributed by atoms with Crippen molar-refractivity contribution in [3.05, 3.63) is 53.1 Å². The molecule has 0 spiro atoms. The van der Waals surface area contributed by atoms with Gasteiger partial charge in [0.2, 0.25) is 10.0 Å². The van der Waals surface area contributed by atoms with Crippen molar-refractivity contribution in [1.82, 2.24) is 4.31 Å². The lowest BCUT2D eigenvalue weighted by Gasteiger charge is -2.26. The third-order valence-corrected chi connectivity index (χ3v) is 7.08. The number of hydrogen-bond donors (Lipinski definition) is 1. The van der Waals surface area contributed by atoms with Gasteiger partial charge in [-0.2, -0.15) is 4.31 Å². The highest BCUT2D eigenvalue weighted by Gasteiger charge is 2.26. The van der Waals surface area contributed by atoms with Crippen LogP contribution in [0.4, 0.5) is 5.69 Å². The third-order valence-electron chi connectivity index (χ3n) is 4.89. The molecule has 8 heteroatoms. The smallest absolute Gasteiger partial charge is 0.262 e. The summed E-state index contributed by atoms with van der Waals surface area (Å²) in [5.41, 5.74) is 1.78. The quantitative estimate of drug-likeness (QED) is 0.709. The predicted molar refractivity (Wildman–Crippen MR) is 114 cm³/mol. The predicted octanol–water partition coefficient (Wildman–Crippen LogP) is 4.09. The van der Waals surface area contributed by atoms with E-state index in [2.05, 4.69) is 5.32 Å². The fourth-order valence-electron chi connectivity index (χ4n) is 3.29. The van der Waals surface area contributed by atoms with E-state index in [0.29, 0.717) is 13.1 Å². The molecule has 1 aliphatic rings. The molecule has 0 aliphatic carbocycles. The van der Waals surface area contributed by atoms with Gasteiger partial charge in [-0.15, -0.1) is 0 Å². The van der Waals surface area contributed by atoms with Gasteiger partial charge >= 0.3 is 0 Å². The zero-order chi connectivity index (χ0) is 20.9. The molecule has 1 saturated heterocycles. The molecule has 0 unspecified atom stereocenters. The van der Waals surface area contributed by atoms with Gasteiger partial charge < -0.3 is 10.1 Å². The number of para-hydroxylation sites is 1. The molecule has 0 radical (unpaired) electrons. The first-order valence-corrected chi connectivity index (χ1v) is 11.5. The highest BCUT2D eigenvalue weighted by molar-refractivity contribution is 7.89. The minimum Gasteiger partial charge on any atom is -0.482 e. The summed E-state index contributed by atoms with van der Waals surface area (Å²) < 4.78 is 32.5. The number of nitrogens with one attached hydrogen (secondary N) is 1. The molecule has 29 heavy (non-hydrogen) atoms. The van der Waals surface area contributed by atoms with Gasteiger partial charge in [-0.1, -0.05) is 43.1 Å².